The Hall–Kier alpha value is -1.32. The average Bonchev–Trinajstić information content (AvgIpc) is 2.19. The number of rotatable bonds is 4. The number of ketones is 1. The number of alkyl halides is 2. The van der Waals surface area contributed by atoms with Crippen molar-refractivity contribution in [2.45, 2.75) is 13.5 Å². The van der Waals surface area contributed by atoms with Gasteiger partial charge in [-0.1, -0.05) is 0 Å². The van der Waals surface area contributed by atoms with Gasteiger partial charge in [0.1, 0.15) is 5.75 Å². The number of non-ortho nitro benzene ring substituents is 1. The second-order valence-corrected chi connectivity index (χ2v) is 4.08. The highest BCUT2D eigenvalue weighted by atomic mass is 127. The number of halogens is 3. The van der Waals surface area contributed by atoms with Crippen molar-refractivity contribution in [1.29, 1.82) is 0 Å². The van der Waals surface area contributed by atoms with Crippen molar-refractivity contribution in [1.82, 2.24) is 0 Å². The smallest absolute Gasteiger partial charge is 0.387 e. The van der Waals surface area contributed by atoms with Crippen LogP contribution in [0.4, 0.5) is 14.5 Å². The third-order valence-corrected chi connectivity index (χ3v) is 2.94. The fraction of sp³-hybridized carbons (Fsp3) is 0.222. The number of nitrogens with zero attached hydrogens (tertiary/aromatic N) is 1. The van der Waals surface area contributed by atoms with Gasteiger partial charge in [0.25, 0.3) is 5.69 Å². The van der Waals surface area contributed by atoms with Crippen LogP contribution in [-0.4, -0.2) is 17.3 Å². The molecule has 0 aromatic heterocycles. The van der Waals surface area contributed by atoms with Crippen LogP contribution in [0.2, 0.25) is 0 Å². The minimum Gasteiger partial charge on any atom is -0.433 e. The molecular weight excluding hydrogens is 351 g/mol. The normalized spacial score (nSPS) is 10.4. The van der Waals surface area contributed by atoms with Crippen LogP contribution >= 0.6 is 22.6 Å². The van der Waals surface area contributed by atoms with Gasteiger partial charge < -0.3 is 4.74 Å². The first-order valence-electron chi connectivity index (χ1n) is 4.26. The quantitative estimate of drug-likeness (QED) is 0.360. The molecule has 0 unspecified atom stereocenters. The zero-order valence-corrected chi connectivity index (χ0v) is 10.6. The molecule has 0 aliphatic carbocycles. The molecule has 0 N–H and O–H groups in total. The van der Waals surface area contributed by atoms with Crippen molar-refractivity contribution in [3.63, 3.8) is 0 Å². The summed E-state index contributed by atoms with van der Waals surface area (Å²) in [5.74, 6) is -0.836. The number of carbonyl (C=O) groups is 1. The van der Waals surface area contributed by atoms with Gasteiger partial charge in [0, 0.05) is 11.6 Å². The summed E-state index contributed by atoms with van der Waals surface area (Å²) in [5.41, 5.74) is -0.485. The largest absolute Gasteiger partial charge is 0.433 e. The van der Waals surface area contributed by atoms with Gasteiger partial charge in [-0.15, -0.1) is 0 Å². The summed E-state index contributed by atoms with van der Waals surface area (Å²) >= 11 is 1.63. The van der Waals surface area contributed by atoms with E-state index in [0.29, 0.717) is 0 Å². The third-order valence-electron chi connectivity index (χ3n) is 1.83. The molecule has 1 aromatic rings. The number of Topliss-reactive ketones (excluding diaryl/α,β-unsaturated/α-hetero) is 1. The number of hydrogen-bond donors (Lipinski definition) is 0. The second kappa shape index (κ2) is 5.34. The number of nitro groups is 1. The highest BCUT2D eigenvalue weighted by Gasteiger charge is 2.20. The molecule has 0 radical (unpaired) electrons. The van der Waals surface area contributed by atoms with Crippen LogP contribution in [0.15, 0.2) is 12.1 Å². The van der Waals surface area contributed by atoms with Crippen LogP contribution in [0.5, 0.6) is 5.75 Å². The van der Waals surface area contributed by atoms with E-state index in [-0.39, 0.29) is 14.9 Å². The molecule has 0 heterocycles. The fourth-order valence-corrected chi connectivity index (χ4v) is 1.94. The summed E-state index contributed by atoms with van der Waals surface area (Å²) in [6.07, 6.45) is 0. The molecule has 1 aromatic carbocycles. The van der Waals surface area contributed by atoms with E-state index in [0.717, 1.165) is 12.1 Å². The summed E-state index contributed by atoms with van der Waals surface area (Å²) in [6.45, 7) is -1.92. The molecule has 0 aliphatic rings. The van der Waals surface area contributed by atoms with Gasteiger partial charge in [-0.2, -0.15) is 8.78 Å². The maximum atomic E-state index is 12.1. The van der Waals surface area contributed by atoms with Gasteiger partial charge in [-0.3, -0.25) is 14.9 Å². The fourth-order valence-electron chi connectivity index (χ4n) is 1.13. The van der Waals surface area contributed by atoms with Crippen molar-refractivity contribution in [3.05, 3.63) is 31.4 Å². The van der Waals surface area contributed by atoms with Gasteiger partial charge in [-0.25, -0.2) is 0 Å². The molecular formula is C9H6F2INO4. The Bertz CT molecular complexity index is 478. The van der Waals surface area contributed by atoms with E-state index in [1.807, 2.05) is 0 Å². The van der Waals surface area contributed by atoms with Crippen LogP contribution < -0.4 is 4.74 Å². The molecule has 0 bridgehead atoms. The lowest BCUT2D eigenvalue weighted by Gasteiger charge is -2.09. The molecule has 0 aliphatic heterocycles. The first-order chi connectivity index (χ1) is 7.82. The summed E-state index contributed by atoms with van der Waals surface area (Å²) in [5, 5.41) is 10.6. The maximum Gasteiger partial charge on any atom is 0.387 e. The topological polar surface area (TPSA) is 69.4 Å². The van der Waals surface area contributed by atoms with Crippen LogP contribution in [0.25, 0.3) is 0 Å². The zero-order chi connectivity index (χ0) is 13.2. The van der Waals surface area contributed by atoms with Gasteiger partial charge in [-0.05, 0) is 29.5 Å². The van der Waals surface area contributed by atoms with Gasteiger partial charge in [0.2, 0.25) is 0 Å². The Balaban J connectivity index is 3.37. The molecule has 0 amide bonds. The van der Waals surface area contributed by atoms with Crippen molar-refractivity contribution in [2.24, 2.45) is 0 Å². The number of hydrogen-bond acceptors (Lipinski definition) is 4. The number of carbonyl (C=O) groups excluding carboxylic acids is 1. The molecule has 0 saturated heterocycles. The Kier molecular flexibility index (Phi) is 4.32. The highest BCUT2D eigenvalue weighted by molar-refractivity contribution is 14.1. The third kappa shape index (κ3) is 3.32. The standard InChI is InChI=1S/C9H6F2INO4/c1-4(14)6-2-5(13(15)16)3-7(8(6)12)17-9(10)11/h2-3,9H,1H3. The van der Waals surface area contributed by atoms with Crippen molar-refractivity contribution in [2.75, 3.05) is 0 Å². The SMILES string of the molecule is CC(=O)c1cc([N+](=O)[O-])cc(OC(F)F)c1I. The Morgan fingerprint density at radius 2 is 2.12 bits per heavy atom. The van der Waals surface area contributed by atoms with E-state index in [1.54, 1.807) is 22.6 Å². The first-order valence-corrected chi connectivity index (χ1v) is 5.34. The van der Waals surface area contributed by atoms with E-state index in [2.05, 4.69) is 4.74 Å². The zero-order valence-electron chi connectivity index (χ0n) is 8.45. The van der Waals surface area contributed by atoms with Gasteiger partial charge >= 0.3 is 6.61 Å². The van der Waals surface area contributed by atoms with E-state index in [9.17, 15) is 23.7 Å². The Morgan fingerprint density at radius 3 is 2.53 bits per heavy atom. The molecule has 1 rings (SSSR count). The molecule has 92 valence electrons. The monoisotopic (exact) mass is 357 g/mol. The Morgan fingerprint density at radius 1 is 1.53 bits per heavy atom. The Labute approximate surface area is 108 Å². The number of benzene rings is 1. The van der Waals surface area contributed by atoms with Crippen LogP contribution in [0.3, 0.4) is 0 Å². The molecule has 8 heteroatoms. The van der Waals surface area contributed by atoms with Crippen LogP contribution in [0, 0.1) is 13.7 Å². The molecule has 0 saturated carbocycles. The predicted octanol–water partition coefficient (Wildman–Crippen LogP) is 3.00. The van der Waals surface area contributed by atoms with Crippen LogP contribution in [-0.2, 0) is 0 Å². The van der Waals surface area contributed by atoms with Gasteiger partial charge in [0.15, 0.2) is 5.78 Å². The van der Waals surface area contributed by atoms with E-state index in [1.165, 1.54) is 6.92 Å². The summed E-state index contributed by atoms with van der Waals surface area (Å²) in [4.78, 5) is 21.0. The molecule has 17 heavy (non-hydrogen) atoms. The number of ether oxygens (including phenoxy) is 1. The van der Waals surface area contributed by atoms with Gasteiger partial charge in [0.05, 0.1) is 14.6 Å². The van der Waals surface area contributed by atoms with Crippen LogP contribution in [0.1, 0.15) is 17.3 Å². The molecule has 0 atom stereocenters. The van der Waals surface area contributed by atoms with Crippen molar-refractivity contribution < 1.29 is 23.2 Å². The van der Waals surface area contributed by atoms with Crippen molar-refractivity contribution >= 4 is 34.1 Å². The summed E-state index contributed by atoms with van der Waals surface area (Å²) in [6, 6.07) is 1.89. The summed E-state index contributed by atoms with van der Waals surface area (Å²) in [7, 11) is 0. The first kappa shape index (κ1) is 13.7. The summed E-state index contributed by atoms with van der Waals surface area (Å²) < 4.78 is 28.4. The minimum atomic E-state index is -3.11. The molecule has 5 nitrogen and oxygen atoms in total. The predicted molar refractivity (Wildman–Crippen MR) is 62.4 cm³/mol. The highest BCUT2D eigenvalue weighted by Crippen LogP contribution is 2.31. The van der Waals surface area contributed by atoms with E-state index in [4.69, 9.17) is 0 Å². The lowest BCUT2D eigenvalue weighted by Crippen LogP contribution is -2.07. The second-order valence-electron chi connectivity index (χ2n) is 3.00. The minimum absolute atomic E-state index is 0.0181. The lowest BCUT2D eigenvalue weighted by molar-refractivity contribution is -0.385. The lowest BCUT2D eigenvalue weighted by atomic mass is 10.1. The van der Waals surface area contributed by atoms with Crippen molar-refractivity contribution in [3.8, 4) is 5.75 Å². The molecule has 0 spiro atoms. The average molecular weight is 357 g/mol. The maximum absolute atomic E-state index is 12.1. The number of nitro benzene ring substituents is 1. The van der Waals surface area contributed by atoms with E-state index < -0.39 is 23.0 Å². The van der Waals surface area contributed by atoms with E-state index >= 15 is 0 Å². The molecule has 0 fully saturated rings.